The molecule has 5 heteroatoms. The Bertz CT molecular complexity index is 554. The molecule has 1 aromatic rings. The third-order valence-electron chi connectivity index (χ3n) is 4.35. The lowest BCUT2D eigenvalue weighted by Gasteiger charge is -2.27. The zero-order chi connectivity index (χ0) is 15.5. The maximum atomic E-state index is 12.8. The normalized spacial score (nSPS) is 23.6. The van der Waals surface area contributed by atoms with Crippen LogP contribution in [0.25, 0.3) is 0 Å². The average molecular weight is 310 g/mol. The van der Waals surface area contributed by atoms with Crippen molar-refractivity contribution < 1.29 is 8.42 Å². The highest BCUT2D eigenvalue weighted by Crippen LogP contribution is 2.32. The second kappa shape index (κ2) is 6.90. The fourth-order valence-corrected chi connectivity index (χ4v) is 5.07. The third kappa shape index (κ3) is 3.47. The fourth-order valence-electron chi connectivity index (χ4n) is 3.12. The number of benzene rings is 1. The van der Waals surface area contributed by atoms with Crippen molar-refractivity contribution in [2.45, 2.75) is 62.9 Å². The highest BCUT2D eigenvalue weighted by Gasteiger charge is 2.38. The zero-order valence-electron chi connectivity index (χ0n) is 13.0. The van der Waals surface area contributed by atoms with Gasteiger partial charge >= 0.3 is 0 Å². The van der Waals surface area contributed by atoms with E-state index < -0.39 is 10.0 Å². The maximum Gasteiger partial charge on any atom is 0.243 e. The topological polar surface area (TPSA) is 63.4 Å². The number of nitrogens with zero attached hydrogens (tertiary/aromatic N) is 1. The number of nitrogens with two attached hydrogens (primary N) is 1. The van der Waals surface area contributed by atoms with Crippen molar-refractivity contribution in [2.75, 3.05) is 6.54 Å². The van der Waals surface area contributed by atoms with Crippen LogP contribution in [0.2, 0.25) is 0 Å². The molecule has 0 spiro atoms. The highest BCUT2D eigenvalue weighted by molar-refractivity contribution is 7.89. The van der Waals surface area contributed by atoms with Gasteiger partial charge in [0.1, 0.15) is 0 Å². The van der Waals surface area contributed by atoms with Crippen molar-refractivity contribution >= 4 is 10.0 Å². The molecule has 0 saturated carbocycles. The SMILES string of the molecule is CCC1CCC(C)N1S(=O)(=O)c1ccc(CCCN)cc1. The zero-order valence-corrected chi connectivity index (χ0v) is 13.8. The van der Waals surface area contributed by atoms with Crippen LogP contribution in [0, 0.1) is 0 Å². The minimum absolute atomic E-state index is 0.0943. The van der Waals surface area contributed by atoms with E-state index in [1.165, 1.54) is 0 Å². The van der Waals surface area contributed by atoms with E-state index in [2.05, 4.69) is 6.92 Å². The first kappa shape index (κ1) is 16.5. The molecule has 21 heavy (non-hydrogen) atoms. The Hall–Kier alpha value is -0.910. The Kier molecular flexibility index (Phi) is 5.41. The summed E-state index contributed by atoms with van der Waals surface area (Å²) in [6, 6.07) is 7.52. The van der Waals surface area contributed by atoms with Crippen LogP contribution in [0.1, 0.15) is 45.1 Å². The Morgan fingerprint density at radius 2 is 1.90 bits per heavy atom. The number of sulfonamides is 1. The van der Waals surface area contributed by atoms with Crippen LogP contribution in [0.5, 0.6) is 0 Å². The molecular weight excluding hydrogens is 284 g/mol. The summed E-state index contributed by atoms with van der Waals surface area (Å²) < 4.78 is 27.4. The monoisotopic (exact) mass is 310 g/mol. The van der Waals surface area contributed by atoms with Crippen LogP contribution in [0.3, 0.4) is 0 Å². The summed E-state index contributed by atoms with van der Waals surface area (Å²) in [5, 5.41) is 0. The van der Waals surface area contributed by atoms with E-state index in [1.54, 1.807) is 16.4 Å². The van der Waals surface area contributed by atoms with Gasteiger partial charge in [-0.05, 0) is 63.3 Å². The van der Waals surface area contributed by atoms with Crippen molar-refractivity contribution in [3.05, 3.63) is 29.8 Å². The highest BCUT2D eigenvalue weighted by atomic mass is 32.2. The van der Waals surface area contributed by atoms with Gasteiger partial charge in [-0.3, -0.25) is 0 Å². The maximum absolute atomic E-state index is 12.8. The van der Waals surface area contributed by atoms with Gasteiger partial charge in [0.15, 0.2) is 0 Å². The van der Waals surface area contributed by atoms with Crippen LogP contribution in [-0.2, 0) is 16.4 Å². The molecule has 0 aromatic heterocycles. The van der Waals surface area contributed by atoms with Crippen LogP contribution < -0.4 is 5.73 Å². The van der Waals surface area contributed by atoms with Crippen LogP contribution in [0.4, 0.5) is 0 Å². The lowest BCUT2D eigenvalue weighted by atomic mass is 10.1. The predicted molar refractivity (Wildman–Crippen MR) is 85.6 cm³/mol. The predicted octanol–water partition coefficient (Wildman–Crippen LogP) is 2.53. The second-order valence-electron chi connectivity index (χ2n) is 5.86. The van der Waals surface area contributed by atoms with Crippen molar-refractivity contribution in [1.82, 2.24) is 4.31 Å². The third-order valence-corrected chi connectivity index (χ3v) is 6.43. The number of hydrogen-bond donors (Lipinski definition) is 1. The Morgan fingerprint density at radius 1 is 1.24 bits per heavy atom. The molecule has 118 valence electrons. The molecule has 1 aliphatic heterocycles. The van der Waals surface area contributed by atoms with Gasteiger partial charge in [-0.25, -0.2) is 8.42 Å². The van der Waals surface area contributed by atoms with Gasteiger partial charge in [-0.15, -0.1) is 0 Å². The quantitative estimate of drug-likeness (QED) is 0.878. The van der Waals surface area contributed by atoms with Gasteiger partial charge < -0.3 is 5.73 Å². The smallest absolute Gasteiger partial charge is 0.243 e. The molecule has 2 unspecified atom stereocenters. The van der Waals surface area contributed by atoms with Gasteiger partial charge in [0.25, 0.3) is 0 Å². The molecular formula is C16H26N2O2S. The minimum Gasteiger partial charge on any atom is -0.330 e. The molecule has 1 aromatic carbocycles. The summed E-state index contributed by atoms with van der Waals surface area (Å²) in [5.41, 5.74) is 6.64. The number of aryl methyl sites for hydroxylation is 1. The van der Waals surface area contributed by atoms with Crippen molar-refractivity contribution in [3.8, 4) is 0 Å². The minimum atomic E-state index is -3.38. The van der Waals surface area contributed by atoms with E-state index in [4.69, 9.17) is 5.73 Å². The summed E-state index contributed by atoms with van der Waals surface area (Å²) in [6.45, 7) is 4.72. The lowest BCUT2D eigenvalue weighted by Crippen LogP contribution is -2.39. The van der Waals surface area contributed by atoms with Gasteiger partial charge in [-0.1, -0.05) is 19.1 Å². The lowest BCUT2D eigenvalue weighted by molar-refractivity contribution is 0.328. The van der Waals surface area contributed by atoms with Crippen LogP contribution in [-0.4, -0.2) is 31.4 Å². The van der Waals surface area contributed by atoms with Crippen LogP contribution in [0.15, 0.2) is 29.2 Å². The molecule has 2 N–H and O–H groups in total. The summed E-state index contributed by atoms with van der Waals surface area (Å²) in [7, 11) is -3.38. The Morgan fingerprint density at radius 3 is 2.48 bits per heavy atom. The molecule has 1 aliphatic rings. The number of rotatable bonds is 6. The fraction of sp³-hybridized carbons (Fsp3) is 0.625. The van der Waals surface area contributed by atoms with Gasteiger partial charge in [0.05, 0.1) is 4.90 Å². The van der Waals surface area contributed by atoms with Gasteiger partial charge in [0.2, 0.25) is 10.0 Å². The van der Waals surface area contributed by atoms with Crippen molar-refractivity contribution in [3.63, 3.8) is 0 Å². The number of hydrogen-bond acceptors (Lipinski definition) is 3. The molecule has 1 saturated heterocycles. The van der Waals surface area contributed by atoms with E-state index >= 15 is 0 Å². The van der Waals surface area contributed by atoms with E-state index in [9.17, 15) is 8.42 Å². The largest absolute Gasteiger partial charge is 0.330 e. The second-order valence-corrected chi connectivity index (χ2v) is 7.70. The summed E-state index contributed by atoms with van der Waals surface area (Å²) in [5.74, 6) is 0. The first-order valence-electron chi connectivity index (χ1n) is 7.83. The molecule has 4 nitrogen and oxygen atoms in total. The molecule has 1 heterocycles. The summed E-state index contributed by atoms with van der Waals surface area (Å²) in [4.78, 5) is 0.409. The standard InChI is InChI=1S/C16H26N2O2S/c1-3-15-9-6-13(2)18(15)21(19,20)16-10-7-14(8-11-16)5-4-12-17/h7-8,10-11,13,15H,3-6,9,12,17H2,1-2H3. The van der Waals surface area contributed by atoms with Crippen LogP contribution >= 0.6 is 0 Å². The Labute approximate surface area is 128 Å². The first-order valence-corrected chi connectivity index (χ1v) is 9.27. The van der Waals surface area contributed by atoms with E-state index in [-0.39, 0.29) is 12.1 Å². The molecule has 2 atom stereocenters. The molecule has 0 aliphatic carbocycles. The molecule has 1 fully saturated rings. The molecule has 0 amide bonds. The Balaban J connectivity index is 2.22. The molecule has 0 radical (unpaired) electrons. The van der Waals surface area contributed by atoms with E-state index in [1.807, 2.05) is 19.1 Å². The van der Waals surface area contributed by atoms with Gasteiger partial charge in [0, 0.05) is 12.1 Å². The molecule has 0 bridgehead atoms. The van der Waals surface area contributed by atoms with Gasteiger partial charge in [-0.2, -0.15) is 4.31 Å². The summed E-state index contributed by atoms with van der Waals surface area (Å²) >= 11 is 0. The van der Waals surface area contributed by atoms with Crippen molar-refractivity contribution in [1.29, 1.82) is 0 Å². The van der Waals surface area contributed by atoms with Crippen molar-refractivity contribution in [2.24, 2.45) is 5.73 Å². The average Bonchev–Trinajstić information content (AvgIpc) is 2.87. The first-order chi connectivity index (χ1) is 10.0. The van der Waals surface area contributed by atoms with E-state index in [0.29, 0.717) is 11.4 Å². The summed E-state index contributed by atoms with van der Waals surface area (Å²) in [6.07, 6.45) is 4.61. The molecule has 2 rings (SSSR count). The van der Waals surface area contributed by atoms with E-state index in [0.717, 1.165) is 37.7 Å².